The third kappa shape index (κ3) is 2.46. The van der Waals surface area contributed by atoms with Crippen LogP contribution in [0.15, 0.2) is 18.2 Å². The summed E-state index contributed by atoms with van der Waals surface area (Å²) in [6.45, 7) is 7.89. The molecule has 0 bridgehead atoms. The molecule has 0 saturated carbocycles. The summed E-state index contributed by atoms with van der Waals surface area (Å²) in [6, 6.07) is 6.93. The molecule has 1 aliphatic rings. The normalized spacial score (nSPS) is 26.4. The summed E-state index contributed by atoms with van der Waals surface area (Å²) < 4.78 is 0. The lowest BCUT2D eigenvalue weighted by molar-refractivity contribution is 0.359. The van der Waals surface area contributed by atoms with Crippen LogP contribution in [0.4, 0.5) is 0 Å². The highest BCUT2D eigenvalue weighted by Crippen LogP contribution is 2.30. The smallest absolute Gasteiger partial charge is 0.0406 e. The largest absolute Gasteiger partial charge is 0.308 e. The molecule has 1 heteroatoms. The first-order valence-corrected chi connectivity index (χ1v) is 6.44. The fraction of sp³-hybridized carbons (Fsp3) is 0.600. The van der Waals surface area contributed by atoms with Crippen molar-refractivity contribution in [3.63, 3.8) is 0 Å². The van der Waals surface area contributed by atoms with Gasteiger partial charge in [0.15, 0.2) is 0 Å². The van der Waals surface area contributed by atoms with Gasteiger partial charge in [0.25, 0.3) is 0 Å². The molecule has 2 rings (SSSR count). The second-order valence-corrected chi connectivity index (χ2v) is 5.45. The van der Waals surface area contributed by atoms with Crippen molar-refractivity contribution in [3.05, 3.63) is 34.9 Å². The lowest BCUT2D eigenvalue weighted by Crippen LogP contribution is -2.38. The predicted molar refractivity (Wildman–Crippen MR) is 69.7 cm³/mol. The molecule has 1 N–H and O–H groups in total. The van der Waals surface area contributed by atoms with Gasteiger partial charge in [0, 0.05) is 5.54 Å². The fourth-order valence-electron chi connectivity index (χ4n) is 2.77. The molecule has 0 radical (unpaired) electrons. The molecular formula is C15H23N. The van der Waals surface area contributed by atoms with Crippen molar-refractivity contribution in [2.75, 3.05) is 6.54 Å². The number of aryl methyl sites for hydroxylation is 2. The van der Waals surface area contributed by atoms with Crippen molar-refractivity contribution in [1.82, 2.24) is 5.32 Å². The Bertz CT molecular complexity index is 339. The predicted octanol–water partition coefficient (Wildman–Crippen LogP) is 3.68. The van der Waals surface area contributed by atoms with E-state index in [2.05, 4.69) is 44.3 Å². The Labute approximate surface area is 99.3 Å². The van der Waals surface area contributed by atoms with E-state index in [1.165, 1.54) is 42.4 Å². The van der Waals surface area contributed by atoms with Gasteiger partial charge in [0.05, 0.1) is 0 Å². The summed E-state index contributed by atoms with van der Waals surface area (Å²) in [5, 5.41) is 3.73. The molecule has 1 unspecified atom stereocenters. The molecule has 0 aliphatic carbocycles. The Morgan fingerprint density at radius 2 is 1.69 bits per heavy atom. The summed E-state index contributed by atoms with van der Waals surface area (Å²) in [6.07, 6.45) is 5.29. The van der Waals surface area contributed by atoms with Gasteiger partial charge in [-0.05, 0) is 45.7 Å². The van der Waals surface area contributed by atoms with Gasteiger partial charge in [-0.15, -0.1) is 0 Å². The van der Waals surface area contributed by atoms with E-state index in [0.717, 1.165) is 6.54 Å². The standard InChI is InChI=1S/C15H23N/c1-12-9-13(2)11-14(10-12)15(3)7-5-4-6-8-16-15/h9-11,16H,4-8H2,1-3H3. The van der Waals surface area contributed by atoms with Crippen molar-refractivity contribution >= 4 is 0 Å². The Hall–Kier alpha value is -0.820. The van der Waals surface area contributed by atoms with Crippen molar-refractivity contribution in [3.8, 4) is 0 Å². The third-order valence-corrected chi connectivity index (χ3v) is 3.73. The minimum Gasteiger partial charge on any atom is -0.308 e. The number of hydrogen-bond acceptors (Lipinski definition) is 1. The monoisotopic (exact) mass is 217 g/mol. The average Bonchev–Trinajstić information content (AvgIpc) is 2.43. The number of benzene rings is 1. The zero-order valence-corrected chi connectivity index (χ0v) is 10.8. The van der Waals surface area contributed by atoms with E-state index in [4.69, 9.17) is 0 Å². The first-order valence-electron chi connectivity index (χ1n) is 6.44. The van der Waals surface area contributed by atoms with E-state index in [1.54, 1.807) is 0 Å². The molecule has 1 atom stereocenters. The van der Waals surface area contributed by atoms with Crippen LogP contribution in [0.1, 0.15) is 49.3 Å². The maximum atomic E-state index is 3.73. The highest BCUT2D eigenvalue weighted by atomic mass is 15.0. The number of rotatable bonds is 1. The molecule has 0 spiro atoms. The molecular weight excluding hydrogens is 194 g/mol. The third-order valence-electron chi connectivity index (χ3n) is 3.73. The van der Waals surface area contributed by atoms with Crippen LogP contribution in [0.25, 0.3) is 0 Å². The summed E-state index contributed by atoms with van der Waals surface area (Å²) in [5.41, 5.74) is 4.41. The fourth-order valence-corrected chi connectivity index (χ4v) is 2.77. The van der Waals surface area contributed by atoms with Crippen molar-refractivity contribution in [2.24, 2.45) is 0 Å². The Morgan fingerprint density at radius 1 is 1.00 bits per heavy atom. The van der Waals surface area contributed by atoms with Crippen LogP contribution in [0.3, 0.4) is 0 Å². The molecule has 1 aromatic carbocycles. The van der Waals surface area contributed by atoms with Crippen LogP contribution in [0.2, 0.25) is 0 Å². The molecule has 1 fully saturated rings. The van der Waals surface area contributed by atoms with Crippen LogP contribution in [-0.4, -0.2) is 6.54 Å². The highest BCUT2D eigenvalue weighted by molar-refractivity contribution is 5.33. The second-order valence-electron chi connectivity index (χ2n) is 5.45. The second kappa shape index (κ2) is 4.58. The number of nitrogens with one attached hydrogen (secondary N) is 1. The zero-order chi connectivity index (χ0) is 11.6. The minimum absolute atomic E-state index is 0.188. The summed E-state index contributed by atoms with van der Waals surface area (Å²) in [5.74, 6) is 0. The topological polar surface area (TPSA) is 12.0 Å². The van der Waals surface area contributed by atoms with Gasteiger partial charge in [-0.3, -0.25) is 0 Å². The molecule has 16 heavy (non-hydrogen) atoms. The van der Waals surface area contributed by atoms with E-state index < -0.39 is 0 Å². The SMILES string of the molecule is Cc1cc(C)cc(C2(C)CCCCCN2)c1. The molecule has 88 valence electrons. The zero-order valence-electron chi connectivity index (χ0n) is 10.8. The van der Waals surface area contributed by atoms with Crippen LogP contribution < -0.4 is 5.32 Å². The van der Waals surface area contributed by atoms with E-state index in [-0.39, 0.29) is 5.54 Å². The Morgan fingerprint density at radius 3 is 2.38 bits per heavy atom. The van der Waals surface area contributed by atoms with E-state index in [1.807, 2.05) is 0 Å². The quantitative estimate of drug-likeness (QED) is 0.756. The van der Waals surface area contributed by atoms with Crippen molar-refractivity contribution in [2.45, 2.75) is 52.0 Å². The highest BCUT2D eigenvalue weighted by Gasteiger charge is 2.27. The van der Waals surface area contributed by atoms with Crippen LogP contribution in [0.5, 0.6) is 0 Å². The number of hydrogen-bond donors (Lipinski definition) is 1. The van der Waals surface area contributed by atoms with Gasteiger partial charge < -0.3 is 5.32 Å². The first kappa shape index (κ1) is 11.7. The molecule has 0 amide bonds. The Balaban J connectivity index is 2.32. The van der Waals surface area contributed by atoms with E-state index in [9.17, 15) is 0 Å². The average molecular weight is 217 g/mol. The maximum absolute atomic E-state index is 3.73. The molecule has 1 aromatic rings. The van der Waals surface area contributed by atoms with Gasteiger partial charge in [-0.25, -0.2) is 0 Å². The molecule has 1 aliphatic heterocycles. The summed E-state index contributed by atoms with van der Waals surface area (Å²) >= 11 is 0. The van der Waals surface area contributed by atoms with Gasteiger partial charge in [0.1, 0.15) is 0 Å². The maximum Gasteiger partial charge on any atom is 0.0406 e. The summed E-state index contributed by atoms with van der Waals surface area (Å²) in [7, 11) is 0. The van der Waals surface area contributed by atoms with Gasteiger partial charge in [0.2, 0.25) is 0 Å². The van der Waals surface area contributed by atoms with Gasteiger partial charge in [-0.2, -0.15) is 0 Å². The molecule has 1 saturated heterocycles. The van der Waals surface area contributed by atoms with Crippen molar-refractivity contribution < 1.29 is 0 Å². The minimum atomic E-state index is 0.188. The van der Waals surface area contributed by atoms with Crippen LogP contribution in [-0.2, 0) is 5.54 Å². The van der Waals surface area contributed by atoms with E-state index in [0.29, 0.717) is 0 Å². The Kier molecular flexibility index (Phi) is 3.34. The molecule has 1 nitrogen and oxygen atoms in total. The molecule has 0 aromatic heterocycles. The van der Waals surface area contributed by atoms with Gasteiger partial charge >= 0.3 is 0 Å². The van der Waals surface area contributed by atoms with Crippen LogP contribution in [0, 0.1) is 13.8 Å². The summed E-state index contributed by atoms with van der Waals surface area (Å²) in [4.78, 5) is 0. The van der Waals surface area contributed by atoms with Crippen molar-refractivity contribution in [1.29, 1.82) is 0 Å². The lowest BCUT2D eigenvalue weighted by atomic mass is 9.86. The van der Waals surface area contributed by atoms with E-state index >= 15 is 0 Å². The van der Waals surface area contributed by atoms with Crippen LogP contribution >= 0.6 is 0 Å². The first-order chi connectivity index (χ1) is 7.60. The molecule has 1 heterocycles. The van der Waals surface area contributed by atoms with Gasteiger partial charge in [-0.1, -0.05) is 42.2 Å². The lowest BCUT2D eigenvalue weighted by Gasteiger charge is -2.30.